The monoisotopic (exact) mass is 296 g/mol. The second-order valence-electron chi connectivity index (χ2n) is 4.70. The number of hydrogen-bond donors (Lipinski definition) is 2. The van der Waals surface area contributed by atoms with Crippen LogP contribution < -0.4 is 5.32 Å². The van der Waals surface area contributed by atoms with Crippen LogP contribution in [0.15, 0.2) is 22.8 Å². The zero-order valence-corrected chi connectivity index (χ0v) is 12.0. The second-order valence-corrected chi connectivity index (χ2v) is 4.70. The van der Waals surface area contributed by atoms with Crippen LogP contribution in [0.3, 0.4) is 0 Å². The Kier molecular flexibility index (Phi) is 4.46. The summed E-state index contributed by atoms with van der Waals surface area (Å²) in [5.74, 6) is 0.677. The van der Waals surface area contributed by atoms with Crippen LogP contribution in [0.2, 0.25) is 0 Å². The Hall–Kier alpha value is -1.79. The largest absolute Gasteiger partial charge is 0.467 e. The summed E-state index contributed by atoms with van der Waals surface area (Å²) in [5.41, 5.74) is 2.56. The third kappa shape index (κ3) is 2.71. The Labute approximate surface area is 122 Å². The molecule has 0 fully saturated rings. The number of hydrogen-bond acceptors (Lipinski definition) is 4. The predicted octanol–water partition coefficient (Wildman–Crippen LogP) is 1.34. The maximum atomic E-state index is 12.4. The van der Waals surface area contributed by atoms with Gasteiger partial charge in [0.15, 0.2) is 5.69 Å². The molecule has 7 heteroatoms. The quantitative estimate of drug-likeness (QED) is 0.896. The Morgan fingerprint density at radius 1 is 1.55 bits per heavy atom. The molecule has 0 unspecified atom stereocenters. The fourth-order valence-corrected chi connectivity index (χ4v) is 2.29. The highest BCUT2D eigenvalue weighted by Crippen LogP contribution is 2.17. The summed E-state index contributed by atoms with van der Waals surface area (Å²) in [4.78, 5) is 14.0. The molecule has 2 N–H and O–H groups in total. The lowest BCUT2D eigenvalue weighted by Gasteiger charge is -2.17. The highest BCUT2D eigenvalue weighted by molar-refractivity contribution is 5.93. The van der Waals surface area contributed by atoms with Gasteiger partial charge in [0, 0.05) is 37.8 Å². The molecule has 0 radical (unpaired) electrons. The summed E-state index contributed by atoms with van der Waals surface area (Å²) in [6.45, 7) is 2.06. The van der Waals surface area contributed by atoms with Gasteiger partial charge in [-0.1, -0.05) is 0 Å². The minimum atomic E-state index is -0.0856. The van der Waals surface area contributed by atoms with Crippen LogP contribution in [0, 0.1) is 0 Å². The molecule has 0 saturated heterocycles. The number of halogens is 1. The lowest BCUT2D eigenvalue weighted by Crippen LogP contribution is -2.29. The minimum absolute atomic E-state index is 0. The lowest BCUT2D eigenvalue weighted by atomic mass is 10.1. The zero-order chi connectivity index (χ0) is 13.2. The molecule has 0 aromatic carbocycles. The Morgan fingerprint density at radius 2 is 2.40 bits per heavy atom. The molecule has 3 rings (SSSR count). The fraction of sp³-hybridized carbons (Fsp3) is 0.385. The minimum Gasteiger partial charge on any atom is -0.467 e. The van der Waals surface area contributed by atoms with Gasteiger partial charge in [-0.2, -0.15) is 5.10 Å². The first-order chi connectivity index (χ1) is 9.25. The van der Waals surface area contributed by atoms with E-state index in [0.29, 0.717) is 18.8 Å². The van der Waals surface area contributed by atoms with Crippen molar-refractivity contribution in [3.63, 3.8) is 0 Å². The van der Waals surface area contributed by atoms with Crippen LogP contribution in [-0.2, 0) is 19.5 Å². The van der Waals surface area contributed by atoms with Gasteiger partial charge in [0.1, 0.15) is 5.76 Å². The van der Waals surface area contributed by atoms with Crippen LogP contribution in [0.25, 0.3) is 0 Å². The van der Waals surface area contributed by atoms with E-state index >= 15 is 0 Å². The van der Waals surface area contributed by atoms with Crippen LogP contribution in [0.1, 0.15) is 27.5 Å². The van der Waals surface area contributed by atoms with Crippen LogP contribution in [0.4, 0.5) is 0 Å². The summed E-state index contributed by atoms with van der Waals surface area (Å²) in [6, 6.07) is 3.67. The van der Waals surface area contributed by atoms with E-state index in [0.717, 1.165) is 30.0 Å². The van der Waals surface area contributed by atoms with E-state index in [4.69, 9.17) is 4.42 Å². The maximum absolute atomic E-state index is 12.4. The highest BCUT2D eigenvalue weighted by atomic mass is 35.5. The average Bonchev–Trinajstić information content (AvgIpc) is 3.06. The van der Waals surface area contributed by atoms with Crippen molar-refractivity contribution in [3.05, 3.63) is 41.1 Å². The zero-order valence-electron chi connectivity index (χ0n) is 11.2. The van der Waals surface area contributed by atoms with E-state index < -0.39 is 0 Å². The first-order valence-electron chi connectivity index (χ1n) is 6.30. The number of aromatic amines is 1. The van der Waals surface area contributed by atoms with Gasteiger partial charge in [-0.15, -0.1) is 12.4 Å². The number of furan rings is 1. The molecule has 3 heterocycles. The number of nitrogens with zero attached hydrogens (tertiary/aromatic N) is 2. The Balaban J connectivity index is 0.00000147. The summed E-state index contributed by atoms with van der Waals surface area (Å²) < 4.78 is 5.25. The third-order valence-electron chi connectivity index (χ3n) is 3.33. The van der Waals surface area contributed by atoms with E-state index in [9.17, 15) is 4.79 Å². The topological polar surface area (TPSA) is 74.2 Å². The SMILES string of the molecule is CN(Cc1ccco1)C(=O)c1n[nH]c2c1CNCC2.Cl. The van der Waals surface area contributed by atoms with Crippen molar-refractivity contribution in [3.8, 4) is 0 Å². The second kappa shape index (κ2) is 6.11. The Bertz CT molecular complexity index is 579. The molecule has 0 spiro atoms. The number of H-pyrrole nitrogens is 1. The molecule has 0 atom stereocenters. The highest BCUT2D eigenvalue weighted by Gasteiger charge is 2.24. The van der Waals surface area contributed by atoms with Crippen molar-refractivity contribution in [2.45, 2.75) is 19.5 Å². The summed E-state index contributed by atoms with van der Waals surface area (Å²) in [6.07, 6.45) is 2.49. The van der Waals surface area contributed by atoms with Gasteiger partial charge >= 0.3 is 0 Å². The van der Waals surface area contributed by atoms with Crippen molar-refractivity contribution < 1.29 is 9.21 Å². The number of rotatable bonds is 3. The van der Waals surface area contributed by atoms with Gasteiger partial charge in [0.2, 0.25) is 0 Å². The first kappa shape index (κ1) is 14.6. The molecule has 1 amide bonds. The molecule has 20 heavy (non-hydrogen) atoms. The molecule has 0 bridgehead atoms. The van der Waals surface area contributed by atoms with Gasteiger partial charge in [0.25, 0.3) is 5.91 Å². The van der Waals surface area contributed by atoms with Gasteiger partial charge < -0.3 is 14.6 Å². The number of fused-ring (bicyclic) bond motifs is 1. The maximum Gasteiger partial charge on any atom is 0.274 e. The molecule has 1 aliphatic heterocycles. The molecule has 2 aromatic heterocycles. The van der Waals surface area contributed by atoms with E-state index in [2.05, 4.69) is 15.5 Å². The summed E-state index contributed by atoms with van der Waals surface area (Å²) in [5, 5.41) is 10.4. The standard InChI is InChI=1S/C13H16N4O2.ClH/c1-17(8-9-3-2-6-19-9)13(18)12-10-7-14-5-4-11(10)15-16-12;/h2-3,6,14H,4-5,7-8H2,1H3,(H,15,16);1H. The molecule has 0 saturated carbocycles. The van der Waals surface area contributed by atoms with Crippen LogP contribution >= 0.6 is 12.4 Å². The average molecular weight is 297 g/mol. The number of aromatic nitrogens is 2. The molecule has 2 aromatic rings. The number of carbonyl (C=O) groups excluding carboxylic acids is 1. The van der Waals surface area contributed by atoms with Crippen LogP contribution in [0.5, 0.6) is 0 Å². The van der Waals surface area contributed by atoms with Gasteiger partial charge in [0.05, 0.1) is 12.8 Å². The summed E-state index contributed by atoms with van der Waals surface area (Å²) in [7, 11) is 1.75. The number of nitrogens with one attached hydrogen (secondary N) is 2. The smallest absolute Gasteiger partial charge is 0.274 e. The molecule has 1 aliphatic rings. The van der Waals surface area contributed by atoms with Gasteiger partial charge in [-0.05, 0) is 12.1 Å². The molecular weight excluding hydrogens is 280 g/mol. The number of amides is 1. The van der Waals surface area contributed by atoms with Crippen molar-refractivity contribution in [1.82, 2.24) is 20.4 Å². The van der Waals surface area contributed by atoms with Crippen molar-refractivity contribution >= 4 is 18.3 Å². The van der Waals surface area contributed by atoms with Crippen molar-refractivity contribution in [2.24, 2.45) is 0 Å². The van der Waals surface area contributed by atoms with E-state index in [1.165, 1.54) is 0 Å². The molecule has 0 aliphatic carbocycles. The fourth-order valence-electron chi connectivity index (χ4n) is 2.29. The first-order valence-corrected chi connectivity index (χ1v) is 6.30. The van der Waals surface area contributed by atoms with Gasteiger partial charge in [-0.3, -0.25) is 9.89 Å². The van der Waals surface area contributed by atoms with Crippen LogP contribution in [-0.4, -0.2) is 34.6 Å². The van der Waals surface area contributed by atoms with E-state index in [-0.39, 0.29) is 18.3 Å². The third-order valence-corrected chi connectivity index (χ3v) is 3.33. The lowest BCUT2D eigenvalue weighted by molar-refractivity contribution is 0.0768. The molecular formula is C13H17ClN4O2. The van der Waals surface area contributed by atoms with E-state index in [1.807, 2.05) is 12.1 Å². The van der Waals surface area contributed by atoms with Gasteiger partial charge in [-0.25, -0.2) is 0 Å². The van der Waals surface area contributed by atoms with Crippen molar-refractivity contribution in [2.75, 3.05) is 13.6 Å². The van der Waals surface area contributed by atoms with E-state index in [1.54, 1.807) is 18.2 Å². The predicted molar refractivity (Wildman–Crippen MR) is 75.8 cm³/mol. The Morgan fingerprint density at radius 3 is 3.15 bits per heavy atom. The van der Waals surface area contributed by atoms with Crippen molar-refractivity contribution in [1.29, 1.82) is 0 Å². The summed E-state index contributed by atoms with van der Waals surface area (Å²) >= 11 is 0. The number of carbonyl (C=O) groups is 1. The molecule has 6 nitrogen and oxygen atoms in total. The normalized spacial score (nSPS) is 13.4. The molecule has 108 valence electrons.